The largest absolute Gasteiger partial charge is 0.461 e. The van der Waals surface area contributed by atoms with E-state index in [-0.39, 0.29) is 36.9 Å². The molecule has 0 bridgehead atoms. The van der Waals surface area contributed by atoms with E-state index in [4.69, 9.17) is 4.74 Å². The Morgan fingerprint density at radius 1 is 1.30 bits per heavy atom. The number of nitrogens with zero attached hydrogens (tertiary/aromatic N) is 1. The number of esters is 1. The van der Waals surface area contributed by atoms with E-state index in [0.29, 0.717) is 11.3 Å². The molecule has 0 aromatic carbocycles. The van der Waals surface area contributed by atoms with Gasteiger partial charge in [-0.1, -0.05) is 20.8 Å². The molecule has 23 heavy (non-hydrogen) atoms. The van der Waals surface area contributed by atoms with Gasteiger partial charge in [0.05, 0.1) is 12.2 Å². The van der Waals surface area contributed by atoms with Crippen molar-refractivity contribution in [3.05, 3.63) is 11.3 Å². The highest BCUT2D eigenvalue weighted by molar-refractivity contribution is 7.92. The summed E-state index contributed by atoms with van der Waals surface area (Å²) in [6.45, 7) is 6.27. The smallest absolute Gasteiger partial charge is 0.302 e. The Kier molecular flexibility index (Phi) is 4.40. The molecule has 0 saturated carbocycles. The average Bonchev–Trinajstić information content (AvgIpc) is 2.37. The van der Waals surface area contributed by atoms with Gasteiger partial charge < -0.3 is 4.74 Å². The summed E-state index contributed by atoms with van der Waals surface area (Å²) < 4.78 is 29.3. The number of sulfone groups is 1. The Bertz CT molecular complexity index is 698. The molecule has 0 spiro atoms. The fraction of sp³-hybridized carbons (Fsp3) is 0.667. The van der Waals surface area contributed by atoms with Gasteiger partial charge in [-0.15, -0.1) is 0 Å². The third-order valence-corrected chi connectivity index (χ3v) is 5.97. The fourth-order valence-corrected chi connectivity index (χ4v) is 4.42. The molecule has 7 nitrogen and oxygen atoms in total. The van der Waals surface area contributed by atoms with Crippen LogP contribution in [0.2, 0.25) is 0 Å². The summed E-state index contributed by atoms with van der Waals surface area (Å²) in [6, 6.07) is 0. The number of rotatable bonds is 4. The lowest BCUT2D eigenvalue weighted by Gasteiger charge is -2.45. The number of Topliss-reactive ketones (excluding diaryl/α,β-unsaturated/α-hetero) is 1. The van der Waals surface area contributed by atoms with E-state index in [1.54, 1.807) is 20.8 Å². The third-order valence-electron chi connectivity index (χ3n) is 4.01. The van der Waals surface area contributed by atoms with Crippen molar-refractivity contribution in [1.82, 2.24) is 4.90 Å². The first kappa shape index (κ1) is 17.7. The number of fused-ring (bicyclic) bond motifs is 1. The first-order chi connectivity index (χ1) is 10.4. The van der Waals surface area contributed by atoms with Gasteiger partial charge >= 0.3 is 5.97 Å². The molecule has 2 rings (SSSR count). The Hall–Kier alpha value is -1.70. The van der Waals surface area contributed by atoms with Crippen LogP contribution >= 0.6 is 0 Å². The monoisotopic (exact) mass is 343 g/mol. The number of β-lactam (4-membered cyclic amide) rings is 1. The Morgan fingerprint density at radius 3 is 2.39 bits per heavy atom. The van der Waals surface area contributed by atoms with Crippen molar-refractivity contribution >= 4 is 27.5 Å². The third kappa shape index (κ3) is 3.46. The zero-order valence-corrected chi connectivity index (χ0v) is 14.5. The van der Waals surface area contributed by atoms with Gasteiger partial charge in [-0.05, 0) is 0 Å². The van der Waals surface area contributed by atoms with Crippen LogP contribution in [0, 0.1) is 5.41 Å². The normalized spacial score (nSPS) is 23.2. The molecule has 1 saturated heterocycles. The highest BCUT2D eigenvalue weighted by Crippen LogP contribution is 2.38. The van der Waals surface area contributed by atoms with Gasteiger partial charge in [-0.3, -0.25) is 19.3 Å². The molecule has 0 radical (unpaired) electrons. The molecular formula is C15H21NO6S. The summed E-state index contributed by atoms with van der Waals surface area (Å²) in [5.74, 6) is -1.27. The van der Waals surface area contributed by atoms with Crippen LogP contribution in [-0.4, -0.2) is 48.7 Å². The van der Waals surface area contributed by atoms with Crippen molar-refractivity contribution in [2.24, 2.45) is 5.41 Å². The molecule has 2 aliphatic rings. The van der Waals surface area contributed by atoms with Crippen LogP contribution in [0.3, 0.4) is 0 Å². The van der Waals surface area contributed by atoms with Crippen LogP contribution in [0.25, 0.3) is 0 Å². The van der Waals surface area contributed by atoms with E-state index in [1.165, 1.54) is 11.8 Å². The second-order valence-electron chi connectivity index (χ2n) is 6.91. The minimum atomic E-state index is -3.51. The fourth-order valence-electron chi connectivity index (χ4n) is 2.53. The van der Waals surface area contributed by atoms with E-state index >= 15 is 0 Å². The quantitative estimate of drug-likeness (QED) is 0.553. The SMILES string of the molecule is CC(=O)OCC1=C(CC(=O)C(C)(C)C)N2C(=O)C[C@@H]2S(=O)(=O)C1. The number of hydrogen-bond acceptors (Lipinski definition) is 6. The van der Waals surface area contributed by atoms with E-state index < -0.39 is 26.6 Å². The molecule has 1 amide bonds. The average molecular weight is 343 g/mol. The van der Waals surface area contributed by atoms with E-state index in [0.717, 1.165) is 0 Å². The molecule has 1 fully saturated rings. The summed E-state index contributed by atoms with van der Waals surface area (Å²) >= 11 is 0. The van der Waals surface area contributed by atoms with Gasteiger partial charge in [-0.2, -0.15) is 0 Å². The van der Waals surface area contributed by atoms with E-state index in [2.05, 4.69) is 0 Å². The summed E-state index contributed by atoms with van der Waals surface area (Å²) in [5, 5.41) is -0.890. The standard InChI is InChI=1S/C15H21NO6S/c1-9(17)22-7-10-8-23(20,21)14-6-13(19)16(14)11(10)5-12(18)15(2,3)4/h14H,5-8H2,1-4H3/t14-/m0/s1. The van der Waals surface area contributed by atoms with Crippen molar-refractivity contribution in [1.29, 1.82) is 0 Å². The molecule has 0 unspecified atom stereocenters. The van der Waals surface area contributed by atoms with Crippen LogP contribution in [0.5, 0.6) is 0 Å². The van der Waals surface area contributed by atoms with Crippen LogP contribution in [-0.2, 0) is 29.0 Å². The molecule has 8 heteroatoms. The van der Waals surface area contributed by atoms with Gasteiger partial charge in [0.15, 0.2) is 9.84 Å². The van der Waals surface area contributed by atoms with Crippen molar-refractivity contribution in [3.8, 4) is 0 Å². The molecule has 0 aliphatic carbocycles. The first-order valence-electron chi connectivity index (χ1n) is 7.34. The van der Waals surface area contributed by atoms with E-state index in [1.807, 2.05) is 0 Å². The number of ether oxygens (including phenoxy) is 1. The lowest BCUT2D eigenvalue weighted by Crippen LogP contribution is -2.59. The first-order valence-corrected chi connectivity index (χ1v) is 9.06. The minimum absolute atomic E-state index is 0.0438. The lowest BCUT2D eigenvalue weighted by atomic mass is 9.87. The summed E-state index contributed by atoms with van der Waals surface area (Å²) in [7, 11) is -3.51. The summed E-state index contributed by atoms with van der Waals surface area (Å²) in [6.07, 6.45) is -0.103. The predicted octanol–water partition coefficient (Wildman–Crippen LogP) is 0.796. The number of allylic oxidation sites excluding steroid dienone is 1. The van der Waals surface area contributed by atoms with Gasteiger partial charge in [0.2, 0.25) is 5.91 Å². The van der Waals surface area contributed by atoms with Gasteiger partial charge in [-0.25, -0.2) is 8.42 Å². The van der Waals surface area contributed by atoms with Crippen molar-refractivity contribution in [2.75, 3.05) is 12.4 Å². The highest BCUT2D eigenvalue weighted by Gasteiger charge is 2.51. The summed E-state index contributed by atoms with van der Waals surface area (Å²) in [5.41, 5.74) is 0.0728. The van der Waals surface area contributed by atoms with Crippen LogP contribution in [0.15, 0.2) is 11.3 Å². The zero-order valence-electron chi connectivity index (χ0n) is 13.7. The number of hydrogen-bond donors (Lipinski definition) is 0. The topological polar surface area (TPSA) is 97.8 Å². The van der Waals surface area contributed by atoms with Gasteiger partial charge in [0.25, 0.3) is 0 Å². The highest BCUT2D eigenvalue weighted by atomic mass is 32.2. The maximum Gasteiger partial charge on any atom is 0.302 e. The number of ketones is 1. The number of carbonyl (C=O) groups excluding carboxylic acids is 3. The zero-order chi connectivity index (χ0) is 17.6. The maximum absolute atomic E-state index is 12.3. The van der Waals surface area contributed by atoms with Crippen molar-refractivity contribution in [2.45, 2.75) is 45.9 Å². The molecule has 2 aliphatic heterocycles. The number of carbonyl (C=O) groups is 3. The second-order valence-corrected chi connectivity index (χ2v) is 9.07. The van der Waals surface area contributed by atoms with Crippen LogP contribution in [0.1, 0.15) is 40.5 Å². The molecule has 0 aromatic rings. The second kappa shape index (κ2) is 5.74. The van der Waals surface area contributed by atoms with Gasteiger partial charge in [0, 0.05) is 30.0 Å². The predicted molar refractivity (Wildman–Crippen MR) is 81.8 cm³/mol. The molecule has 1 atom stereocenters. The molecule has 128 valence electrons. The molecule has 0 aromatic heterocycles. The molecule has 2 heterocycles. The Morgan fingerprint density at radius 2 is 1.91 bits per heavy atom. The van der Waals surface area contributed by atoms with E-state index in [9.17, 15) is 22.8 Å². The minimum Gasteiger partial charge on any atom is -0.461 e. The molecular weight excluding hydrogens is 322 g/mol. The van der Waals surface area contributed by atoms with Crippen LogP contribution < -0.4 is 0 Å². The Balaban J connectivity index is 2.40. The Labute approximate surface area is 135 Å². The van der Waals surface area contributed by atoms with Gasteiger partial charge in [0.1, 0.15) is 17.8 Å². The number of amides is 1. The van der Waals surface area contributed by atoms with Crippen LogP contribution in [0.4, 0.5) is 0 Å². The maximum atomic E-state index is 12.3. The van der Waals surface area contributed by atoms with Crippen molar-refractivity contribution in [3.63, 3.8) is 0 Å². The lowest BCUT2D eigenvalue weighted by molar-refractivity contribution is -0.140. The summed E-state index contributed by atoms with van der Waals surface area (Å²) in [4.78, 5) is 36.4. The van der Waals surface area contributed by atoms with Crippen molar-refractivity contribution < 1.29 is 27.5 Å². The molecule has 0 N–H and O–H groups in total.